The first-order valence-electron chi connectivity index (χ1n) is 1.30. The lowest BCUT2D eigenvalue weighted by Gasteiger charge is -1.88. The van der Waals surface area contributed by atoms with Crippen LogP contribution >= 0.6 is 12.6 Å². The molecule has 3 nitrogen and oxygen atoms in total. The number of hydrogen-bond acceptors (Lipinski definition) is 3. The maximum absolute atomic E-state index is 9.55. The summed E-state index contributed by atoms with van der Waals surface area (Å²) in [6, 6.07) is 0. The summed E-state index contributed by atoms with van der Waals surface area (Å²) in [4.78, 5) is 9.55. The van der Waals surface area contributed by atoms with Gasteiger partial charge >= 0.3 is 6.09 Å². The number of rotatable bonds is 1. The number of carbonyl (C=O) groups excluding carboxylic acids is 1. The zero-order valence-electron chi connectivity index (χ0n) is 3.05. The Hall–Kier alpha value is -0.380. The van der Waals surface area contributed by atoms with Gasteiger partial charge in [-0.25, -0.2) is 4.79 Å². The fourth-order valence-corrected chi connectivity index (χ4v) is 0.191. The van der Waals surface area contributed by atoms with Crippen LogP contribution in [0.15, 0.2) is 0 Å². The Bertz CT molecular complexity index is 55.5. The molecule has 0 aromatic rings. The molecule has 0 radical (unpaired) electrons. The molecule has 0 aromatic carbocycles. The van der Waals surface area contributed by atoms with Crippen molar-refractivity contribution in [2.75, 3.05) is 5.94 Å². The summed E-state index contributed by atoms with van der Waals surface area (Å²) in [7, 11) is 0. The van der Waals surface area contributed by atoms with Crippen LogP contribution in [-0.4, -0.2) is 12.0 Å². The number of carbonyl (C=O) groups is 1. The number of primary amides is 1. The average Bonchev–Trinajstić information content (AvgIpc) is 1.35. The monoisotopic (exact) mass is 107 g/mol. The third-order valence-corrected chi connectivity index (χ3v) is 0.336. The second kappa shape index (κ2) is 2.84. The van der Waals surface area contributed by atoms with Crippen LogP contribution in [-0.2, 0) is 4.74 Å². The topological polar surface area (TPSA) is 52.3 Å². The molecular weight excluding hydrogens is 102 g/mol. The molecule has 0 atom stereocenters. The van der Waals surface area contributed by atoms with Crippen molar-refractivity contribution in [3.63, 3.8) is 0 Å². The van der Waals surface area contributed by atoms with Gasteiger partial charge < -0.3 is 10.5 Å². The van der Waals surface area contributed by atoms with E-state index >= 15 is 0 Å². The molecule has 0 saturated carbocycles. The molecule has 0 heterocycles. The van der Waals surface area contributed by atoms with Gasteiger partial charge in [-0.05, 0) is 0 Å². The van der Waals surface area contributed by atoms with E-state index in [1.165, 1.54) is 0 Å². The standard InChI is InChI=1S/C2H5NO2S/c3-2(4)5-1-6/h6H,1H2,(H2,3,4). The number of ether oxygens (including phenoxy) is 1. The van der Waals surface area contributed by atoms with E-state index in [1.54, 1.807) is 0 Å². The summed E-state index contributed by atoms with van der Waals surface area (Å²) >= 11 is 3.54. The third kappa shape index (κ3) is 3.62. The van der Waals surface area contributed by atoms with E-state index in [9.17, 15) is 4.79 Å². The molecule has 0 fully saturated rings. The van der Waals surface area contributed by atoms with Crippen LogP contribution in [0.5, 0.6) is 0 Å². The van der Waals surface area contributed by atoms with Crippen molar-refractivity contribution in [3.8, 4) is 0 Å². The van der Waals surface area contributed by atoms with Gasteiger partial charge in [-0.2, -0.15) is 0 Å². The van der Waals surface area contributed by atoms with Gasteiger partial charge in [0.2, 0.25) is 0 Å². The molecular formula is C2H5NO2S. The van der Waals surface area contributed by atoms with Crippen LogP contribution in [0.2, 0.25) is 0 Å². The zero-order chi connectivity index (χ0) is 4.99. The van der Waals surface area contributed by atoms with Crippen molar-refractivity contribution in [2.24, 2.45) is 5.73 Å². The smallest absolute Gasteiger partial charge is 0.405 e. The van der Waals surface area contributed by atoms with E-state index in [-0.39, 0.29) is 5.94 Å². The molecule has 4 heteroatoms. The SMILES string of the molecule is NC(=O)OCS. The van der Waals surface area contributed by atoms with Gasteiger partial charge in [-0.15, -0.1) is 12.6 Å². The van der Waals surface area contributed by atoms with Gasteiger partial charge in [0.15, 0.2) is 0 Å². The van der Waals surface area contributed by atoms with E-state index in [1.807, 2.05) is 0 Å². The molecule has 0 spiro atoms. The molecule has 0 aliphatic rings. The highest BCUT2D eigenvalue weighted by Gasteiger charge is 1.82. The lowest BCUT2D eigenvalue weighted by atomic mass is 11.2. The van der Waals surface area contributed by atoms with Crippen LogP contribution in [0.3, 0.4) is 0 Å². The first kappa shape index (κ1) is 5.62. The van der Waals surface area contributed by atoms with Crippen molar-refractivity contribution in [2.45, 2.75) is 0 Å². The van der Waals surface area contributed by atoms with Crippen molar-refractivity contribution in [1.82, 2.24) is 0 Å². The van der Waals surface area contributed by atoms with E-state index < -0.39 is 6.09 Å². The Morgan fingerprint density at radius 1 is 2.00 bits per heavy atom. The number of hydrogen-bond donors (Lipinski definition) is 2. The van der Waals surface area contributed by atoms with Gasteiger partial charge in [0.05, 0.1) is 0 Å². The fourth-order valence-electron chi connectivity index (χ4n) is 0.0636. The van der Waals surface area contributed by atoms with E-state index in [0.29, 0.717) is 0 Å². The van der Waals surface area contributed by atoms with Crippen molar-refractivity contribution in [3.05, 3.63) is 0 Å². The molecule has 0 saturated heterocycles. The van der Waals surface area contributed by atoms with Gasteiger partial charge in [0.25, 0.3) is 0 Å². The number of amides is 1. The van der Waals surface area contributed by atoms with Crippen LogP contribution in [0.25, 0.3) is 0 Å². The predicted molar refractivity (Wildman–Crippen MR) is 24.5 cm³/mol. The number of nitrogens with two attached hydrogens (primary N) is 1. The fraction of sp³-hybridized carbons (Fsp3) is 0.500. The van der Waals surface area contributed by atoms with Crippen LogP contribution < -0.4 is 5.73 Å². The summed E-state index contributed by atoms with van der Waals surface area (Å²) in [5.41, 5.74) is 4.49. The predicted octanol–water partition coefficient (Wildman–Crippen LogP) is -0.0310. The average molecular weight is 107 g/mol. The number of thiol groups is 1. The van der Waals surface area contributed by atoms with Crippen molar-refractivity contribution < 1.29 is 9.53 Å². The van der Waals surface area contributed by atoms with Crippen LogP contribution in [0.4, 0.5) is 4.79 Å². The lowest BCUT2D eigenvalue weighted by molar-refractivity contribution is 0.177. The molecule has 0 aromatic heterocycles. The Kier molecular flexibility index (Phi) is 2.66. The maximum Gasteiger partial charge on any atom is 0.405 e. The Morgan fingerprint density at radius 2 is 2.50 bits per heavy atom. The molecule has 0 unspecified atom stereocenters. The minimum Gasteiger partial charge on any atom is -0.439 e. The van der Waals surface area contributed by atoms with Gasteiger partial charge in [0.1, 0.15) is 5.94 Å². The minimum atomic E-state index is -0.787. The van der Waals surface area contributed by atoms with Gasteiger partial charge in [0, 0.05) is 0 Å². The largest absolute Gasteiger partial charge is 0.439 e. The minimum absolute atomic E-state index is 0.0509. The van der Waals surface area contributed by atoms with E-state index in [4.69, 9.17) is 0 Å². The Balaban J connectivity index is 2.83. The van der Waals surface area contributed by atoms with E-state index in [0.717, 1.165) is 0 Å². The van der Waals surface area contributed by atoms with E-state index in [2.05, 4.69) is 23.1 Å². The van der Waals surface area contributed by atoms with Crippen molar-refractivity contribution in [1.29, 1.82) is 0 Å². The molecule has 0 aliphatic heterocycles. The molecule has 0 rings (SSSR count). The summed E-state index contributed by atoms with van der Waals surface area (Å²) in [5.74, 6) is 0.0509. The normalized spacial score (nSPS) is 7.50. The Labute approximate surface area is 40.9 Å². The molecule has 6 heavy (non-hydrogen) atoms. The second-order valence-electron chi connectivity index (χ2n) is 0.592. The molecule has 2 N–H and O–H groups in total. The first-order chi connectivity index (χ1) is 2.77. The first-order valence-corrected chi connectivity index (χ1v) is 1.93. The lowest BCUT2D eigenvalue weighted by Crippen LogP contribution is -2.11. The maximum atomic E-state index is 9.55. The molecule has 36 valence electrons. The third-order valence-electron chi connectivity index (χ3n) is 0.207. The van der Waals surface area contributed by atoms with Crippen LogP contribution in [0, 0.1) is 0 Å². The van der Waals surface area contributed by atoms with Crippen molar-refractivity contribution >= 4 is 18.7 Å². The second-order valence-corrected chi connectivity index (χ2v) is 0.851. The van der Waals surface area contributed by atoms with Gasteiger partial charge in [-0.1, -0.05) is 0 Å². The highest BCUT2D eigenvalue weighted by Crippen LogP contribution is 1.73. The summed E-state index contributed by atoms with van der Waals surface area (Å²) in [5, 5.41) is 0. The molecule has 1 amide bonds. The molecule has 0 bridgehead atoms. The zero-order valence-corrected chi connectivity index (χ0v) is 3.94. The summed E-state index contributed by atoms with van der Waals surface area (Å²) in [6.07, 6.45) is -0.787. The summed E-state index contributed by atoms with van der Waals surface area (Å²) < 4.78 is 4.04. The highest BCUT2D eigenvalue weighted by atomic mass is 32.1. The Morgan fingerprint density at radius 3 is 2.50 bits per heavy atom. The summed E-state index contributed by atoms with van der Waals surface area (Å²) in [6.45, 7) is 0. The molecule has 0 aliphatic carbocycles. The van der Waals surface area contributed by atoms with Gasteiger partial charge in [-0.3, -0.25) is 0 Å². The highest BCUT2D eigenvalue weighted by molar-refractivity contribution is 7.80. The quantitative estimate of drug-likeness (QED) is 0.365. The van der Waals surface area contributed by atoms with Crippen LogP contribution in [0.1, 0.15) is 0 Å².